The topological polar surface area (TPSA) is 62.2 Å². The quantitative estimate of drug-likeness (QED) is 0.280. The molecule has 0 fully saturated rings. The summed E-state index contributed by atoms with van der Waals surface area (Å²) in [6.45, 7) is 1.73. The van der Waals surface area contributed by atoms with Crippen LogP contribution in [0.5, 0.6) is 0 Å². The number of carbonyl (C=O) groups excluding carboxylic acids is 2. The van der Waals surface area contributed by atoms with E-state index in [1.165, 1.54) is 27.4 Å². The van der Waals surface area contributed by atoms with Gasteiger partial charge in [0.05, 0.1) is 12.1 Å². The van der Waals surface area contributed by atoms with Crippen LogP contribution in [0.4, 0.5) is 4.79 Å². The fraction of sp³-hybridized carbons (Fsp3) is 0.308. The first-order valence-corrected chi connectivity index (χ1v) is 7.95. The SMILES string of the molecule is CS/C(C)=N\OC(=O)N(C)SN(C)C(=O)c1ccccc1. The van der Waals surface area contributed by atoms with Crippen molar-refractivity contribution in [2.45, 2.75) is 6.92 Å². The Morgan fingerprint density at radius 1 is 1.14 bits per heavy atom. The average molecular weight is 327 g/mol. The summed E-state index contributed by atoms with van der Waals surface area (Å²) in [4.78, 5) is 28.5. The van der Waals surface area contributed by atoms with Crippen molar-refractivity contribution in [3.63, 3.8) is 0 Å². The van der Waals surface area contributed by atoms with Crippen LogP contribution in [0.15, 0.2) is 35.5 Å². The summed E-state index contributed by atoms with van der Waals surface area (Å²) in [6.07, 6.45) is 1.18. The third-order valence-electron chi connectivity index (χ3n) is 2.36. The lowest BCUT2D eigenvalue weighted by Crippen LogP contribution is -2.28. The molecule has 0 aliphatic heterocycles. The van der Waals surface area contributed by atoms with Crippen LogP contribution in [0.3, 0.4) is 0 Å². The second-order valence-corrected chi connectivity index (χ2v) is 6.18. The van der Waals surface area contributed by atoms with Gasteiger partial charge in [-0.3, -0.25) is 13.9 Å². The van der Waals surface area contributed by atoms with Gasteiger partial charge in [0.25, 0.3) is 5.91 Å². The number of thioether (sulfide) groups is 1. The van der Waals surface area contributed by atoms with Gasteiger partial charge in [0.2, 0.25) is 0 Å². The maximum atomic E-state index is 12.1. The van der Waals surface area contributed by atoms with Crippen molar-refractivity contribution in [1.82, 2.24) is 8.61 Å². The van der Waals surface area contributed by atoms with Gasteiger partial charge in [0, 0.05) is 19.7 Å². The minimum absolute atomic E-state index is 0.205. The second-order valence-electron chi connectivity index (χ2n) is 3.92. The predicted octanol–water partition coefficient (Wildman–Crippen LogP) is 3.09. The molecular weight excluding hydrogens is 310 g/mol. The van der Waals surface area contributed by atoms with Crippen LogP contribution in [-0.4, -0.2) is 46.0 Å². The van der Waals surface area contributed by atoms with Crippen molar-refractivity contribution in [3.8, 4) is 0 Å². The van der Waals surface area contributed by atoms with E-state index >= 15 is 0 Å². The van der Waals surface area contributed by atoms with E-state index in [-0.39, 0.29) is 5.91 Å². The molecule has 6 nitrogen and oxygen atoms in total. The highest BCUT2D eigenvalue weighted by molar-refractivity contribution is 8.13. The maximum absolute atomic E-state index is 12.1. The zero-order valence-electron chi connectivity index (χ0n) is 12.3. The highest BCUT2D eigenvalue weighted by Gasteiger charge is 2.19. The summed E-state index contributed by atoms with van der Waals surface area (Å²) in [5, 5.41) is 4.28. The van der Waals surface area contributed by atoms with Gasteiger partial charge in [-0.25, -0.2) is 9.10 Å². The summed E-state index contributed by atoms with van der Waals surface area (Å²) >= 11 is 2.31. The lowest BCUT2D eigenvalue weighted by Gasteiger charge is -2.20. The summed E-state index contributed by atoms with van der Waals surface area (Å²) in [5.74, 6) is -0.205. The van der Waals surface area contributed by atoms with Crippen molar-refractivity contribution < 1.29 is 14.4 Å². The van der Waals surface area contributed by atoms with Crippen molar-refractivity contribution in [1.29, 1.82) is 0 Å². The van der Waals surface area contributed by atoms with E-state index < -0.39 is 6.09 Å². The second kappa shape index (κ2) is 8.58. The number of hydrogen-bond donors (Lipinski definition) is 0. The van der Waals surface area contributed by atoms with E-state index in [2.05, 4.69) is 5.16 Å². The fourth-order valence-electron chi connectivity index (χ4n) is 1.21. The molecule has 2 amide bonds. The zero-order valence-corrected chi connectivity index (χ0v) is 13.9. The molecule has 0 saturated carbocycles. The third kappa shape index (κ3) is 5.68. The number of rotatable bonds is 4. The van der Waals surface area contributed by atoms with Crippen LogP contribution in [0.25, 0.3) is 0 Å². The number of nitrogens with zero attached hydrogens (tertiary/aromatic N) is 3. The van der Waals surface area contributed by atoms with Gasteiger partial charge in [-0.1, -0.05) is 23.4 Å². The molecule has 1 rings (SSSR count). The lowest BCUT2D eigenvalue weighted by atomic mass is 10.2. The first-order chi connectivity index (χ1) is 9.95. The van der Waals surface area contributed by atoms with Gasteiger partial charge in [-0.15, -0.1) is 11.8 Å². The molecule has 0 radical (unpaired) electrons. The molecule has 0 saturated heterocycles. The molecule has 0 spiro atoms. The molecular formula is C13H17N3O3S2. The molecule has 0 aliphatic rings. The summed E-state index contributed by atoms with van der Waals surface area (Å²) in [7, 11) is 3.09. The Bertz CT molecular complexity index is 523. The van der Waals surface area contributed by atoms with Crippen LogP contribution in [-0.2, 0) is 4.84 Å². The predicted molar refractivity (Wildman–Crippen MR) is 87.0 cm³/mol. The van der Waals surface area contributed by atoms with E-state index in [1.54, 1.807) is 38.2 Å². The van der Waals surface area contributed by atoms with Gasteiger partial charge in [0.15, 0.2) is 0 Å². The van der Waals surface area contributed by atoms with Gasteiger partial charge < -0.3 is 0 Å². The molecule has 8 heteroatoms. The van der Waals surface area contributed by atoms with Gasteiger partial charge in [0.1, 0.15) is 5.04 Å². The Hall–Kier alpha value is -1.67. The maximum Gasteiger partial charge on any atom is 0.447 e. The smallest absolute Gasteiger partial charge is 0.296 e. The Balaban J connectivity index is 2.56. The van der Waals surface area contributed by atoms with E-state index in [9.17, 15) is 9.59 Å². The van der Waals surface area contributed by atoms with Crippen LogP contribution >= 0.6 is 23.9 Å². The monoisotopic (exact) mass is 327 g/mol. The Morgan fingerprint density at radius 3 is 2.33 bits per heavy atom. The van der Waals surface area contributed by atoms with Gasteiger partial charge >= 0.3 is 6.09 Å². The Labute approximate surface area is 132 Å². The summed E-state index contributed by atoms with van der Waals surface area (Å²) < 4.78 is 2.54. The number of benzene rings is 1. The zero-order chi connectivity index (χ0) is 15.8. The van der Waals surface area contributed by atoms with Crippen molar-refractivity contribution in [2.24, 2.45) is 5.16 Å². The number of oxime groups is 1. The van der Waals surface area contributed by atoms with Gasteiger partial charge in [-0.05, 0) is 25.3 Å². The molecule has 0 unspecified atom stereocenters. The van der Waals surface area contributed by atoms with E-state index in [0.717, 1.165) is 12.1 Å². The minimum atomic E-state index is -0.652. The van der Waals surface area contributed by atoms with E-state index in [4.69, 9.17) is 4.84 Å². The van der Waals surface area contributed by atoms with Crippen molar-refractivity contribution in [2.75, 3.05) is 20.4 Å². The minimum Gasteiger partial charge on any atom is -0.296 e. The molecule has 0 heterocycles. The molecule has 0 bridgehead atoms. The highest BCUT2D eigenvalue weighted by atomic mass is 32.2. The first-order valence-electron chi connectivity index (χ1n) is 6.00. The Kier molecular flexibility index (Phi) is 7.10. The summed E-state index contributed by atoms with van der Waals surface area (Å²) in [5.41, 5.74) is 0.547. The van der Waals surface area contributed by atoms with Crippen LogP contribution in [0.2, 0.25) is 0 Å². The fourth-order valence-corrected chi connectivity index (χ4v) is 1.97. The van der Waals surface area contributed by atoms with E-state index in [0.29, 0.717) is 10.6 Å². The average Bonchev–Trinajstić information content (AvgIpc) is 2.51. The molecule has 0 aliphatic carbocycles. The molecule has 1 aromatic carbocycles. The lowest BCUT2D eigenvalue weighted by molar-refractivity contribution is 0.0888. The molecule has 0 N–H and O–H groups in total. The third-order valence-corrected chi connectivity index (χ3v) is 3.83. The van der Waals surface area contributed by atoms with Crippen molar-refractivity contribution in [3.05, 3.63) is 35.9 Å². The molecule has 21 heavy (non-hydrogen) atoms. The molecule has 1 aromatic rings. The Morgan fingerprint density at radius 2 is 1.76 bits per heavy atom. The number of amides is 2. The number of carbonyl (C=O) groups is 2. The standard InChI is InChI=1S/C13H17N3O3S2/c1-10(20-4)14-19-13(18)16(3)21-15(2)12(17)11-8-6-5-7-9-11/h5-9H,1-4H3/b14-10-. The normalized spacial score (nSPS) is 11.0. The van der Waals surface area contributed by atoms with Crippen molar-refractivity contribution >= 4 is 40.9 Å². The molecule has 0 aromatic heterocycles. The van der Waals surface area contributed by atoms with E-state index in [1.807, 2.05) is 12.3 Å². The van der Waals surface area contributed by atoms with Gasteiger partial charge in [-0.2, -0.15) is 0 Å². The van der Waals surface area contributed by atoms with Crippen LogP contribution in [0, 0.1) is 0 Å². The first kappa shape index (κ1) is 17.4. The molecule has 0 atom stereocenters. The largest absolute Gasteiger partial charge is 0.447 e. The molecule has 114 valence electrons. The van der Waals surface area contributed by atoms with Crippen LogP contribution < -0.4 is 0 Å². The number of hydrogen-bond acceptors (Lipinski definition) is 6. The summed E-state index contributed by atoms with van der Waals surface area (Å²) in [6, 6.07) is 8.82. The van der Waals surface area contributed by atoms with Crippen LogP contribution in [0.1, 0.15) is 17.3 Å². The highest BCUT2D eigenvalue weighted by Crippen LogP contribution is 2.17.